The monoisotopic (exact) mass is 83.0 g/mol. The summed E-state index contributed by atoms with van der Waals surface area (Å²) in [6.07, 6.45) is 3.19. The van der Waals surface area contributed by atoms with Crippen LogP contribution in [0.5, 0.6) is 0 Å². The molecule has 2 saturated carbocycles. The molecule has 2 aliphatic carbocycles. The zero-order chi connectivity index (χ0) is 4.20. The molecule has 1 nitrogen and oxygen atoms in total. The summed E-state index contributed by atoms with van der Waals surface area (Å²) >= 11 is 0. The number of hydrogen-bond donors (Lipinski definition) is 0. The Morgan fingerprint density at radius 3 is 2.33 bits per heavy atom. The van der Waals surface area contributed by atoms with Crippen molar-refractivity contribution in [3.8, 4) is 0 Å². The maximum Gasteiger partial charge on any atom is 0.107 e. The van der Waals surface area contributed by atoms with Gasteiger partial charge in [0, 0.05) is 0 Å². The first-order valence-corrected chi connectivity index (χ1v) is 2.52. The molecular formula is C5H7O. The SMILES string of the molecule is [O]C12CCC1C2. The molecule has 0 N–H and O–H groups in total. The molecule has 2 fully saturated rings. The molecule has 2 rings (SSSR count). The smallest absolute Gasteiger partial charge is 0.107 e. The van der Waals surface area contributed by atoms with Gasteiger partial charge in [0.1, 0.15) is 5.60 Å². The molecule has 0 aliphatic heterocycles. The predicted octanol–water partition coefficient (Wildman–Crippen LogP) is 0.969. The first kappa shape index (κ1) is 3.03. The maximum absolute atomic E-state index is 10.6. The average Bonchev–Trinajstić information content (AvgIpc) is 1.88. The van der Waals surface area contributed by atoms with Gasteiger partial charge in [-0.25, -0.2) is 5.11 Å². The van der Waals surface area contributed by atoms with Gasteiger partial charge in [0.05, 0.1) is 0 Å². The van der Waals surface area contributed by atoms with Crippen LogP contribution in [0.15, 0.2) is 0 Å². The maximum atomic E-state index is 10.6. The standard InChI is InChI=1S/C5H7O/c6-5-2-1-4(5)3-5/h4H,1-3H2. The van der Waals surface area contributed by atoms with Crippen LogP contribution in [0.1, 0.15) is 19.3 Å². The lowest BCUT2D eigenvalue weighted by atomic mass is 9.97. The number of fused-ring (bicyclic) bond motifs is 1. The van der Waals surface area contributed by atoms with E-state index in [4.69, 9.17) is 0 Å². The largest absolute Gasteiger partial charge is 0.229 e. The molecular weight excluding hydrogens is 76.1 g/mol. The highest BCUT2D eigenvalue weighted by Crippen LogP contribution is 2.59. The van der Waals surface area contributed by atoms with E-state index in [2.05, 4.69) is 0 Å². The van der Waals surface area contributed by atoms with E-state index >= 15 is 0 Å². The van der Waals surface area contributed by atoms with Crippen molar-refractivity contribution in [2.24, 2.45) is 5.92 Å². The number of rotatable bonds is 0. The van der Waals surface area contributed by atoms with Crippen molar-refractivity contribution in [3.05, 3.63) is 0 Å². The van der Waals surface area contributed by atoms with E-state index in [1.807, 2.05) is 0 Å². The van der Waals surface area contributed by atoms with E-state index in [9.17, 15) is 5.11 Å². The third-order valence-electron chi connectivity index (χ3n) is 2.09. The molecule has 1 radical (unpaired) electrons. The first-order valence-electron chi connectivity index (χ1n) is 2.52. The van der Waals surface area contributed by atoms with Gasteiger partial charge in [0.15, 0.2) is 0 Å². The second-order valence-corrected chi connectivity index (χ2v) is 2.50. The van der Waals surface area contributed by atoms with Gasteiger partial charge in [-0.2, -0.15) is 0 Å². The van der Waals surface area contributed by atoms with Crippen LogP contribution in [0, 0.1) is 5.92 Å². The Morgan fingerprint density at radius 2 is 2.33 bits per heavy atom. The van der Waals surface area contributed by atoms with Crippen molar-refractivity contribution in [2.75, 3.05) is 0 Å². The molecule has 0 aromatic heterocycles. The average molecular weight is 83.1 g/mol. The van der Waals surface area contributed by atoms with Gasteiger partial charge in [-0.3, -0.25) is 0 Å². The van der Waals surface area contributed by atoms with Crippen molar-refractivity contribution in [2.45, 2.75) is 24.9 Å². The van der Waals surface area contributed by atoms with Crippen LogP contribution in [-0.2, 0) is 5.11 Å². The molecule has 33 valence electrons. The topological polar surface area (TPSA) is 19.9 Å². The second kappa shape index (κ2) is 0.544. The summed E-state index contributed by atoms with van der Waals surface area (Å²) in [4.78, 5) is 0. The van der Waals surface area contributed by atoms with Crippen molar-refractivity contribution >= 4 is 0 Å². The van der Waals surface area contributed by atoms with Crippen LogP contribution in [-0.4, -0.2) is 5.60 Å². The van der Waals surface area contributed by atoms with Crippen molar-refractivity contribution < 1.29 is 5.11 Å². The fourth-order valence-corrected chi connectivity index (χ4v) is 1.23. The summed E-state index contributed by atoms with van der Waals surface area (Å²) in [6, 6.07) is 0. The predicted molar refractivity (Wildman–Crippen MR) is 20.8 cm³/mol. The summed E-state index contributed by atoms with van der Waals surface area (Å²) in [5, 5.41) is 10.6. The molecule has 0 saturated heterocycles. The molecule has 0 aromatic rings. The van der Waals surface area contributed by atoms with E-state index < -0.39 is 0 Å². The Balaban J connectivity index is 2.22. The Bertz CT molecular complexity index is 85.9. The summed E-state index contributed by atoms with van der Waals surface area (Å²) in [7, 11) is 0. The van der Waals surface area contributed by atoms with E-state index in [1.54, 1.807) is 0 Å². The molecule has 0 bridgehead atoms. The molecule has 2 aliphatic rings. The van der Waals surface area contributed by atoms with Gasteiger partial charge in [-0.15, -0.1) is 0 Å². The molecule has 2 atom stereocenters. The van der Waals surface area contributed by atoms with E-state index in [0.717, 1.165) is 12.8 Å². The Morgan fingerprint density at radius 1 is 1.67 bits per heavy atom. The van der Waals surface area contributed by atoms with Crippen LogP contribution in [0.2, 0.25) is 0 Å². The minimum absolute atomic E-state index is 0.361. The van der Waals surface area contributed by atoms with Crippen LogP contribution >= 0.6 is 0 Å². The molecule has 0 heterocycles. The third kappa shape index (κ3) is 0.155. The lowest BCUT2D eigenvalue weighted by molar-refractivity contribution is 0.000608. The molecule has 6 heavy (non-hydrogen) atoms. The molecule has 0 aromatic carbocycles. The van der Waals surface area contributed by atoms with Gasteiger partial charge < -0.3 is 0 Å². The second-order valence-electron chi connectivity index (χ2n) is 2.50. The van der Waals surface area contributed by atoms with Crippen molar-refractivity contribution in [1.29, 1.82) is 0 Å². The molecule has 0 spiro atoms. The van der Waals surface area contributed by atoms with Crippen molar-refractivity contribution in [1.82, 2.24) is 0 Å². The fraction of sp³-hybridized carbons (Fsp3) is 1.00. The van der Waals surface area contributed by atoms with E-state index in [1.165, 1.54) is 6.42 Å². The summed E-state index contributed by atoms with van der Waals surface area (Å²) in [5.41, 5.74) is -0.361. The van der Waals surface area contributed by atoms with E-state index in [-0.39, 0.29) is 5.60 Å². The Kier molecular flexibility index (Phi) is 0.274. The quantitative estimate of drug-likeness (QED) is 0.416. The van der Waals surface area contributed by atoms with Gasteiger partial charge in [0.25, 0.3) is 0 Å². The van der Waals surface area contributed by atoms with Gasteiger partial charge in [-0.05, 0) is 25.2 Å². The minimum atomic E-state index is -0.361. The normalized spacial score (nSPS) is 62.5. The zero-order valence-corrected chi connectivity index (χ0v) is 3.61. The molecule has 2 unspecified atom stereocenters. The summed E-state index contributed by atoms with van der Waals surface area (Å²) < 4.78 is 0. The lowest BCUT2D eigenvalue weighted by Gasteiger charge is -2.14. The summed E-state index contributed by atoms with van der Waals surface area (Å²) in [6.45, 7) is 0. The van der Waals surface area contributed by atoms with Gasteiger partial charge in [-0.1, -0.05) is 0 Å². The van der Waals surface area contributed by atoms with Crippen LogP contribution in [0.25, 0.3) is 0 Å². The zero-order valence-electron chi connectivity index (χ0n) is 3.61. The van der Waals surface area contributed by atoms with Gasteiger partial charge >= 0.3 is 0 Å². The highest BCUT2D eigenvalue weighted by Gasteiger charge is 2.61. The molecule has 0 amide bonds. The van der Waals surface area contributed by atoms with E-state index in [0.29, 0.717) is 5.92 Å². The highest BCUT2D eigenvalue weighted by atomic mass is 16.3. The first-order chi connectivity index (χ1) is 2.81. The highest BCUT2D eigenvalue weighted by molar-refractivity contribution is 5.11. The summed E-state index contributed by atoms with van der Waals surface area (Å²) in [5.74, 6) is 0.623. The third-order valence-corrected chi connectivity index (χ3v) is 2.09. The van der Waals surface area contributed by atoms with Crippen LogP contribution in [0.4, 0.5) is 0 Å². The minimum Gasteiger partial charge on any atom is -0.229 e. The number of hydrogen-bond acceptors (Lipinski definition) is 0. The van der Waals surface area contributed by atoms with Crippen molar-refractivity contribution in [3.63, 3.8) is 0 Å². The van der Waals surface area contributed by atoms with Crippen LogP contribution < -0.4 is 0 Å². The lowest BCUT2D eigenvalue weighted by Crippen LogP contribution is -2.17. The van der Waals surface area contributed by atoms with Gasteiger partial charge in [0.2, 0.25) is 0 Å². The molecule has 1 heteroatoms. The van der Waals surface area contributed by atoms with Crippen LogP contribution in [0.3, 0.4) is 0 Å². The Hall–Kier alpha value is -0.0400. The Labute approximate surface area is 37.0 Å². The fourth-order valence-electron chi connectivity index (χ4n) is 1.23.